The van der Waals surface area contributed by atoms with E-state index in [1.807, 2.05) is 0 Å². The van der Waals surface area contributed by atoms with E-state index in [-0.39, 0.29) is 6.04 Å². The second kappa shape index (κ2) is 11.8. The number of hydrogen-bond acceptors (Lipinski definition) is 2. The average Bonchev–Trinajstić information content (AvgIpc) is 3.70. The lowest BCUT2D eigenvalue weighted by atomic mass is 9.93. The molecule has 0 radical (unpaired) electrons. The lowest BCUT2D eigenvalue weighted by Gasteiger charge is -2.25. The normalized spacial score (nSPS) is 14.5. The minimum atomic E-state index is 0.0216. The fourth-order valence-corrected chi connectivity index (χ4v) is 6.72. The van der Waals surface area contributed by atoms with Gasteiger partial charge in [-0.3, -0.25) is 5.01 Å². The summed E-state index contributed by atoms with van der Waals surface area (Å²) in [5.74, 6) is 0. The van der Waals surface area contributed by atoms with Gasteiger partial charge in [0.25, 0.3) is 0 Å². The van der Waals surface area contributed by atoms with Gasteiger partial charge in [0, 0.05) is 29.4 Å². The molecule has 1 aliphatic heterocycles. The second-order valence-electron chi connectivity index (χ2n) is 11.6. The summed E-state index contributed by atoms with van der Waals surface area (Å²) in [5.41, 5.74) is 12.1. The fourth-order valence-electron chi connectivity index (χ4n) is 6.72. The van der Waals surface area contributed by atoms with E-state index in [4.69, 9.17) is 5.10 Å². The molecule has 1 aliphatic rings. The Labute approximate surface area is 264 Å². The summed E-state index contributed by atoms with van der Waals surface area (Å²) in [6, 6.07) is 60.6. The van der Waals surface area contributed by atoms with E-state index in [9.17, 15) is 0 Å². The summed E-state index contributed by atoms with van der Waals surface area (Å²) in [6.45, 7) is 0.790. The van der Waals surface area contributed by atoms with Crippen molar-refractivity contribution in [3.05, 3.63) is 187 Å². The zero-order valence-corrected chi connectivity index (χ0v) is 25.0. The summed E-state index contributed by atoms with van der Waals surface area (Å²) in [5, 5.41) is 8.89. The van der Waals surface area contributed by atoms with E-state index in [0.29, 0.717) is 0 Å². The third-order valence-electron chi connectivity index (χ3n) is 8.83. The Morgan fingerprint density at radius 3 is 1.73 bits per heavy atom. The van der Waals surface area contributed by atoms with Crippen LogP contribution < -0.4 is 5.01 Å². The Balaban J connectivity index is 1.29. The van der Waals surface area contributed by atoms with E-state index >= 15 is 0 Å². The van der Waals surface area contributed by atoms with Gasteiger partial charge in [0.2, 0.25) is 0 Å². The van der Waals surface area contributed by atoms with E-state index in [1.165, 1.54) is 44.4 Å². The van der Waals surface area contributed by atoms with Crippen molar-refractivity contribution in [3.8, 4) is 22.4 Å². The van der Waals surface area contributed by atoms with Crippen molar-refractivity contribution >= 4 is 22.3 Å². The number of aromatic nitrogens is 1. The minimum absolute atomic E-state index is 0.0216. The third kappa shape index (κ3) is 5.13. The third-order valence-corrected chi connectivity index (χ3v) is 8.83. The summed E-state index contributed by atoms with van der Waals surface area (Å²) < 4.78 is 2.51. The van der Waals surface area contributed by atoms with E-state index in [2.05, 4.69) is 179 Å². The molecule has 0 aliphatic carbocycles. The van der Waals surface area contributed by atoms with Crippen LogP contribution >= 0.6 is 0 Å². The van der Waals surface area contributed by atoms with Crippen LogP contribution in [0, 0.1) is 0 Å². The van der Waals surface area contributed by atoms with E-state index in [0.717, 1.165) is 29.9 Å². The summed E-state index contributed by atoms with van der Waals surface area (Å²) >= 11 is 0. The van der Waals surface area contributed by atoms with Crippen LogP contribution in [0.3, 0.4) is 0 Å². The van der Waals surface area contributed by atoms with Crippen LogP contribution in [0.15, 0.2) is 175 Å². The Kier molecular flexibility index (Phi) is 7.05. The monoisotopic (exact) mass is 579 g/mol. The fraction of sp³-hybridized carbons (Fsp3) is 0.0714. The van der Waals surface area contributed by atoms with Crippen LogP contribution in [0.1, 0.15) is 29.2 Å². The van der Waals surface area contributed by atoms with Gasteiger partial charge in [0.05, 0.1) is 23.1 Å². The number of fused-ring (bicyclic) bond motifs is 1. The molecule has 0 fully saturated rings. The van der Waals surface area contributed by atoms with Gasteiger partial charge >= 0.3 is 0 Å². The van der Waals surface area contributed by atoms with Crippen LogP contribution in [0.4, 0.5) is 5.69 Å². The molecule has 6 aromatic carbocycles. The van der Waals surface area contributed by atoms with Crippen molar-refractivity contribution in [2.24, 2.45) is 5.10 Å². The van der Waals surface area contributed by atoms with Crippen molar-refractivity contribution in [1.82, 2.24) is 4.57 Å². The van der Waals surface area contributed by atoms with E-state index < -0.39 is 0 Å². The van der Waals surface area contributed by atoms with Crippen LogP contribution in [0.2, 0.25) is 0 Å². The highest BCUT2D eigenvalue weighted by Gasteiger charge is 2.35. The van der Waals surface area contributed by atoms with Crippen molar-refractivity contribution in [3.63, 3.8) is 0 Å². The minimum Gasteiger partial charge on any atom is -0.336 e. The quantitative estimate of drug-likeness (QED) is 0.184. The van der Waals surface area contributed by atoms with E-state index in [1.54, 1.807) is 0 Å². The largest absolute Gasteiger partial charge is 0.336 e. The van der Waals surface area contributed by atoms with Crippen LogP contribution in [0.25, 0.3) is 33.3 Å². The molecule has 2 heterocycles. The molecule has 45 heavy (non-hydrogen) atoms. The highest BCUT2D eigenvalue weighted by atomic mass is 15.5. The average molecular weight is 580 g/mol. The van der Waals surface area contributed by atoms with Gasteiger partial charge in [-0.05, 0) is 46.0 Å². The van der Waals surface area contributed by atoms with Gasteiger partial charge in [-0.15, -0.1) is 0 Å². The molecule has 216 valence electrons. The van der Waals surface area contributed by atoms with Gasteiger partial charge in [-0.25, -0.2) is 0 Å². The second-order valence-corrected chi connectivity index (χ2v) is 11.6. The number of para-hydroxylation sites is 2. The predicted octanol–water partition coefficient (Wildman–Crippen LogP) is 10.4. The van der Waals surface area contributed by atoms with Gasteiger partial charge in [0.15, 0.2) is 0 Å². The lowest BCUT2D eigenvalue weighted by molar-refractivity contribution is 0.709. The lowest BCUT2D eigenvalue weighted by Crippen LogP contribution is -2.19. The SMILES string of the molecule is c1ccc(Cn2c(-c3ccccc3)c(C3CC(c4ccc(-c5ccccc5)cc4)=NN3c3ccccc3)c3ccccc32)cc1. The van der Waals surface area contributed by atoms with Gasteiger partial charge in [-0.1, -0.05) is 152 Å². The van der Waals surface area contributed by atoms with Crippen molar-refractivity contribution in [2.45, 2.75) is 19.0 Å². The number of rotatable bonds is 7. The molecule has 3 heteroatoms. The topological polar surface area (TPSA) is 20.5 Å². The smallest absolute Gasteiger partial charge is 0.0858 e. The van der Waals surface area contributed by atoms with Crippen LogP contribution in [0.5, 0.6) is 0 Å². The molecule has 7 aromatic rings. The Bertz CT molecular complexity index is 2080. The van der Waals surface area contributed by atoms with Crippen LogP contribution in [-0.4, -0.2) is 10.3 Å². The maximum absolute atomic E-state index is 5.36. The highest BCUT2D eigenvalue weighted by Crippen LogP contribution is 2.45. The maximum Gasteiger partial charge on any atom is 0.0858 e. The number of hydrazone groups is 1. The molecule has 1 unspecified atom stereocenters. The van der Waals surface area contributed by atoms with Crippen molar-refractivity contribution < 1.29 is 0 Å². The molecule has 8 rings (SSSR count). The molecule has 0 saturated carbocycles. The number of nitrogens with zero attached hydrogens (tertiary/aromatic N) is 3. The van der Waals surface area contributed by atoms with Gasteiger partial charge in [-0.2, -0.15) is 5.10 Å². The molecule has 0 bridgehead atoms. The predicted molar refractivity (Wildman–Crippen MR) is 188 cm³/mol. The summed E-state index contributed by atoms with van der Waals surface area (Å²) in [4.78, 5) is 0. The molecule has 1 atom stereocenters. The molecule has 3 nitrogen and oxygen atoms in total. The highest BCUT2D eigenvalue weighted by molar-refractivity contribution is 6.05. The molecule has 1 aromatic heterocycles. The van der Waals surface area contributed by atoms with Crippen molar-refractivity contribution in [2.75, 3.05) is 5.01 Å². The Hall–Kier alpha value is -5.67. The zero-order valence-electron chi connectivity index (χ0n) is 25.0. The first-order valence-electron chi connectivity index (χ1n) is 15.6. The summed E-state index contributed by atoms with van der Waals surface area (Å²) in [6.07, 6.45) is 0.804. The number of hydrogen-bond donors (Lipinski definition) is 0. The molecule has 0 amide bonds. The first-order chi connectivity index (χ1) is 22.3. The molecular formula is C42H33N3. The Morgan fingerprint density at radius 2 is 1.04 bits per heavy atom. The molecule has 0 N–H and O–H groups in total. The first kappa shape index (κ1) is 26.9. The van der Waals surface area contributed by atoms with Gasteiger partial charge < -0.3 is 4.57 Å². The Morgan fingerprint density at radius 1 is 0.511 bits per heavy atom. The standard InChI is InChI=1S/C42H33N3/c1-5-15-31(16-6-1)30-44-39-24-14-13-23-37(39)41(42(44)35-19-9-3-10-20-35)40-29-38(43-45(40)36-21-11-4-12-22-36)34-27-25-33(26-28-34)32-17-7-2-8-18-32/h1-28,40H,29-30H2. The van der Waals surface area contributed by atoms with Gasteiger partial charge in [0.1, 0.15) is 0 Å². The molecular weight excluding hydrogens is 546 g/mol. The zero-order chi connectivity index (χ0) is 30.0. The first-order valence-corrected chi connectivity index (χ1v) is 15.6. The summed E-state index contributed by atoms with van der Waals surface area (Å²) in [7, 11) is 0. The van der Waals surface area contributed by atoms with Crippen LogP contribution in [-0.2, 0) is 6.54 Å². The molecule has 0 spiro atoms. The maximum atomic E-state index is 5.36. The number of anilines is 1. The van der Waals surface area contributed by atoms with Crippen molar-refractivity contribution in [1.29, 1.82) is 0 Å². The number of benzene rings is 6. The molecule has 0 saturated heterocycles.